The molecule has 0 radical (unpaired) electrons. The summed E-state index contributed by atoms with van der Waals surface area (Å²) < 4.78 is 0. The number of nitrogens with one attached hydrogen (secondary N) is 1. The van der Waals surface area contributed by atoms with Crippen LogP contribution in [0, 0.1) is 0 Å². The maximum atomic E-state index is 4.60. The summed E-state index contributed by atoms with van der Waals surface area (Å²) in [5.74, 6) is 1.32. The Bertz CT molecular complexity index is 341. The molecule has 16 heavy (non-hydrogen) atoms. The van der Waals surface area contributed by atoms with Crippen LogP contribution >= 0.6 is 23.1 Å². The van der Waals surface area contributed by atoms with Crippen LogP contribution in [0.4, 0.5) is 0 Å². The molecular formula is C12H18N2S2. The lowest BCUT2D eigenvalue weighted by molar-refractivity contribution is 0.683. The van der Waals surface area contributed by atoms with Crippen molar-refractivity contribution >= 4 is 23.1 Å². The van der Waals surface area contributed by atoms with Crippen molar-refractivity contribution in [1.82, 2.24) is 10.3 Å². The van der Waals surface area contributed by atoms with E-state index in [1.165, 1.54) is 47.7 Å². The van der Waals surface area contributed by atoms with E-state index >= 15 is 0 Å². The molecule has 1 saturated heterocycles. The van der Waals surface area contributed by atoms with Crippen LogP contribution in [-0.4, -0.2) is 16.8 Å². The summed E-state index contributed by atoms with van der Waals surface area (Å²) in [6.07, 6.45) is 8.90. The lowest BCUT2D eigenvalue weighted by atomic mass is 10.2. The lowest BCUT2D eigenvalue weighted by Gasteiger charge is -2.18. The molecule has 4 heteroatoms. The zero-order chi connectivity index (χ0) is 10.8. The average Bonchev–Trinajstić information content (AvgIpc) is 3.05. The van der Waals surface area contributed by atoms with Gasteiger partial charge in [0, 0.05) is 23.7 Å². The first-order chi connectivity index (χ1) is 7.92. The van der Waals surface area contributed by atoms with E-state index in [4.69, 9.17) is 0 Å². The summed E-state index contributed by atoms with van der Waals surface area (Å²) in [6.45, 7) is 1.03. The van der Waals surface area contributed by atoms with E-state index in [0.717, 1.165) is 12.6 Å². The second-order valence-corrected chi connectivity index (χ2v) is 7.13. The molecule has 0 spiro atoms. The van der Waals surface area contributed by atoms with Gasteiger partial charge in [0.2, 0.25) is 0 Å². The van der Waals surface area contributed by atoms with E-state index in [0.29, 0.717) is 5.25 Å². The minimum absolute atomic E-state index is 0.688. The van der Waals surface area contributed by atoms with Crippen LogP contribution in [0.2, 0.25) is 0 Å². The Balaban J connectivity index is 1.57. The predicted octanol–water partition coefficient (Wildman–Crippen LogP) is 3.35. The summed E-state index contributed by atoms with van der Waals surface area (Å²) >= 11 is 4.01. The Morgan fingerprint density at radius 3 is 3.00 bits per heavy atom. The van der Waals surface area contributed by atoms with Gasteiger partial charge < -0.3 is 5.32 Å². The number of thiazole rings is 1. The maximum Gasteiger partial charge on any atom is 0.106 e. The van der Waals surface area contributed by atoms with Gasteiger partial charge in [-0.25, -0.2) is 4.98 Å². The summed E-state index contributed by atoms with van der Waals surface area (Å²) in [5, 5.41) is 5.60. The van der Waals surface area contributed by atoms with Gasteiger partial charge in [-0.2, -0.15) is 11.8 Å². The molecule has 2 nitrogen and oxygen atoms in total. The normalized spacial score (nSPS) is 25.9. The van der Waals surface area contributed by atoms with Crippen molar-refractivity contribution < 1.29 is 0 Å². The lowest BCUT2D eigenvalue weighted by Crippen LogP contribution is -2.14. The van der Waals surface area contributed by atoms with Crippen LogP contribution in [0.15, 0.2) is 6.20 Å². The number of aromatic nitrogens is 1. The average molecular weight is 254 g/mol. The van der Waals surface area contributed by atoms with Gasteiger partial charge in [0.1, 0.15) is 5.01 Å². The fraction of sp³-hybridized carbons (Fsp3) is 0.750. The number of thioether (sulfide) groups is 1. The van der Waals surface area contributed by atoms with Gasteiger partial charge in [-0.3, -0.25) is 0 Å². The van der Waals surface area contributed by atoms with Gasteiger partial charge >= 0.3 is 0 Å². The van der Waals surface area contributed by atoms with Gasteiger partial charge in [-0.05, 0) is 31.4 Å². The smallest absolute Gasteiger partial charge is 0.106 e. The molecule has 2 aliphatic rings. The maximum absolute atomic E-state index is 4.60. The Hall–Kier alpha value is -0.0600. The molecule has 1 unspecified atom stereocenters. The zero-order valence-corrected chi connectivity index (χ0v) is 11.1. The zero-order valence-electron chi connectivity index (χ0n) is 9.45. The highest BCUT2D eigenvalue weighted by Crippen LogP contribution is 2.39. The fourth-order valence-corrected chi connectivity index (χ4v) is 4.45. The van der Waals surface area contributed by atoms with Gasteiger partial charge in [-0.15, -0.1) is 11.3 Å². The van der Waals surface area contributed by atoms with Gasteiger partial charge in [-0.1, -0.05) is 6.42 Å². The van der Waals surface area contributed by atoms with Crippen LogP contribution < -0.4 is 5.32 Å². The molecule has 0 bridgehead atoms. The summed E-state index contributed by atoms with van der Waals surface area (Å²) in [6, 6.07) is 0.801. The number of nitrogens with zero attached hydrogens (tertiary/aromatic N) is 1. The first-order valence-electron chi connectivity index (χ1n) is 6.21. The highest BCUT2D eigenvalue weighted by molar-refractivity contribution is 7.99. The van der Waals surface area contributed by atoms with E-state index < -0.39 is 0 Å². The van der Waals surface area contributed by atoms with Crippen molar-refractivity contribution in [1.29, 1.82) is 0 Å². The Kier molecular flexibility index (Phi) is 3.50. The van der Waals surface area contributed by atoms with Crippen molar-refractivity contribution in [2.75, 3.05) is 5.75 Å². The molecule has 3 rings (SSSR count). The Labute approximate surface area is 105 Å². The molecule has 1 aromatic heterocycles. The van der Waals surface area contributed by atoms with Gasteiger partial charge in [0.15, 0.2) is 0 Å². The summed E-state index contributed by atoms with van der Waals surface area (Å²) in [5.41, 5.74) is 0. The first-order valence-corrected chi connectivity index (χ1v) is 8.08. The number of hydrogen-bond donors (Lipinski definition) is 1. The molecule has 1 aromatic rings. The minimum atomic E-state index is 0.688. The molecule has 2 heterocycles. The minimum Gasteiger partial charge on any atom is -0.309 e. The molecule has 88 valence electrons. The van der Waals surface area contributed by atoms with E-state index in [9.17, 15) is 0 Å². The predicted molar refractivity (Wildman–Crippen MR) is 71.0 cm³/mol. The van der Waals surface area contributed by atoms with Crippen LogP contribution in [0.1, 0.15) is 47.2 Å². The van der Waals surface area contributed by atoms with E-state index in [-0.39, 0.29) is 0 Å². The van der Waals surface area contributed by atoms with Crippen LogP contribution in [0.25, 0.3) is 0 Å². The van der Waals surface area contributed by atoms with Crippen molar-refractivity contribution in [2.45, 2.75) is 49.9 Å². The van der Waals surface area contributed by atoms with Crippen molar-refractivity contribution in [2.24, 2.45) is 0 Å². The quantitative estimate of drug-likeness (QED) is 0.892. The third-order valence-electron chi connectivity index (χ3n) is 3.17. The molecule has 1 N–H and O–H groups in total. The van der Waals surface area contributed by atoms with Crippen LogP contribution in [0.3, 0.4) is 0 Å². The molecule has 0 amide bonds. The largest absolute Gasteiger partial charge is 0.309 e. The van der Waals surface area contributed by atoms with E-state index in [1.54, 1.807) is 0 Å². The molecule has 1 atom stereocenters. The van der Waals surface area contributed by atoms with Crippen molar-refractivity contribution in [3.05, 3.63) is 16.1 Å². The molecule has 2 fully saturated rings. The molecule has 1 aliphatic heterocycles. The Morgan fingerprint density at radius 2 is 2.25 bits per heavy atom. The third kappa shape index (κ3) is 2.79. The monoisotopic (exact) mass is 254 g/mol. The van der Waals surface area contributed by atoms with E-state index in [1.807, 2.05) is 11.3 Å². The van der Waals surface area contributed by atoms with Crippen molar-refractivity contribution in [3.63, 3.8) is 0 Å². The molecule has 1 saturated carbocycles. The summed E-state index contributed by atoms with van der Waals surface area (Å²) in [4.78, 5) is 6.01. The highest BCUT2D eigenvalue weighted by atomic mass is 32.2. The molecule has 1 aliphatic carbocycles. The second-order valence-electron chi connectivity index (χ2n) is 4.68. The Morgan fingerprint density at radius 1 is 1.31 bits per heavy atom. The number of hydrogen-bond acceptors (Lipinski definition) is 4. The third-order valence-corrected chi connectivity index (χ3v) is 5.81. The topological polar surface area (TPSA) is 24.9 Å². The van der Waals surface area contributed by atoms with Gasteiger partial charge in [0.05, 0.1) is 5.25 Å². The highest BCUT2D eigenvalue weighted by Gasteiger charge is 2.22. The van der Waals surface area contributed by atoms with Crippen LogP contribution in [0.5, 0.6) is 0 Å². The first kappa shape index (κ1) is 11.1. The fourth-order valence-electron chi connectivity index (χ4n) is 2.02. The molecular weight excluding hydrogens is 236 g/mol. The SMILES string of the molecule is c1nc(C2CCCCS2)sc1CNC1CC1. The second kappa shape index (κ2) is 5.07. The molecule has 0 aromatic carbocycles. The number of rotatable bonds is 4. The van der Waals surface area contributed by atoms with Crippen LogP contribution in [-0.2, 0) is 6.54 Å². The summed E-state index contributed by atoms with van der Waals surface area (Å²) in [7, 11) is 0. The van der Waals surface area contributed by atoms with E-state index in [2.05, 4.69) is 28.3 Å². The standard InChI is InChI=1S/C12H18N2S2/c1-2-6-15-11(3-1)12-14-8-10(16-12)7-13-9-4-5-9/h8-9,11,13H,1-7H2. The van der Waals surface area contributed by atoms with Gasteiger partial charge in [0.25, 0.3) is 0 Å². The van der Waals surface area contributed by atoms with Crippen molar-refractivity contribution in [3.8, 4) is 0 Å².